The summed E-state index contributed by atoms with van der Waals surface area (Å²) in [7, 11) is 0. The second kappa shape index (κ2) is 8.86. The van der Waals surface area contributed by atoms with Crippen molar-refractivity contribution in [3.8, 4) is 33.4 Å². The van der Waals surface area contributed by atoms with Crippen LogP contribution in [0.25, 0.3) is 44.2 Å². The van der Waals surface area contributed by atoms with Crippen molar-refractivity contribution < 1.29 is 0 Å². The summed E-state index contributed by atoms with van der Waals surface area (Å²) in [5.41, 5.74) is 18.4. The molecule has 7 aromatic carbocycles. The van der Waals surface area contributed by atoms with Crippen LogP contribution in [0.3, 0.4) is 0 Å². The van der Waals surface area contributed by atoms with E-state index in [1.54, 1.807) is 0 Å². The molecule has 0 N–H and O–H groups in total. The van der Waals surface area contributed by atoms with E-state index >= 15 is 0 Å². The zero-order chi connectivity index (χ0) is 30.8. The van der Waals surface area contributed by atoms with Gasteiger partial charge in [-0.25, -0.2) is 0 Å². The number of nitrogens with zero attached hydrogens (tertiary/aromatic N) is 1. The molecule has 10 rings (SSSR count). The van der Waals surface area contributed by atoms with Gasteiger partial charge in [0.2, 0.25) is 0 Å². The number of anilines is 3. The van der Waals surface area contributed by atoms with Gasteiger partial charge in [0.1, 0.15) is 0 Å². The fraction of sp³-hybridized carbons (Fsp3) is 0.111. The van der Waals surface area contributed by atoms with Crippen LogP contribution in [0.5, 0.6) is 0 Å². The first-order chi connectivity index (χ1) is 22.5. The standard InChI is InChI=1S/C45H33N/c1-44(2)37-19-8-6-15-33(37)36-26-27-40-43(42(36)44)45(3)38-20-9-7-16-34(38)35-18-11-21-39(41(35)45)46(40)30-24-22-29(23-25-30)32-17-10-13-28-12-4-5-14-31(28)32/h4-27H,1-3H3. The summed E-state index contributed by atoms with van der Waals surface area (Å²) in [6.45, 7) is 7.33. The van der Waals surface area contributed by atoms with E-state index in [2.05, 4.69) is 171 Å². The molecule has 46 heavy (non-hydrogen) atoms. The molecule has 3 aliphatic rings. The number of hydrogen-bond acceptors (Lipinski definition) is 1. The van der Waals surface area contributed by atoms with Crippen LogP contribution in [-0.2, 0) is 10.8 Å². The van der Waals surface area contributed by atoms with Crippen LogP contribution in [0, 0.1) is 0 Å². The van der Waals surface area contributed by atoms with Crippen LogP contribution in [0.1, 0.15) is 48.6 Å². The third-order valence-corrected chi connectivity index (χ3v) is 11.2. The quantitative estimate of drug-likeness (QED) is 0.194. The van der Waals surface area contributed by atoms with E-state index in [0.29, 0.717) is 0 Å². The Morgan fingerprint density at radius 2 is 1.00 bits per heavy atom. The molecular formula is C45H33N. The van der Waals surface area contributed by atoms with Crippen molar-refractivity contribution in [2.24, 2.45) is 0 Å². The van der Waals surface area contributed by atoms with E-state index in [1.807, 2.05) is 0 Å². The van der Waals surface area contributed by atoms with Crippen LogP contribution >= 0.6 is 0 Å². The molecule has 1 unspecified atom stereocenters. The van der Waals surface area contributed by atoms with Gasteiger partial charge in [-0.3, -0.25) is 0 Å². The lowest BCUT2D eigenvalue weighted by molar-refractivity contribution is 0.615. The predicted octanol–water partition coefficient (Wildman–Crippen LogP) is 11.9. The fourth-order valence-electron chi connectivity index (χ4n) is 9.26. The number of benzene rings is 7. The largest absolute Gasteiger partial charge is 0.310 e. The van der Waals surface area contributed by atoms with Gasteiger partial charge in [0.05, 0.1) is 11.4 Å². The Morgan fingerprint density at radius 1 is 0.413 bits per heavy atom. The SMILES string of the molecule is CC1(C)c2ccccc2-c2ccc3c(c21)C1(C)c2ccccc2-c2cccc(c21)N3c1ccc(-c2cccc3ccccc23)cc1. The molecule has 0 spiro atoms. The maximum absolute atomic E-state index is 2.54. The van der Waals surface area contributed by atoms with Crippen molar-refractivity contribution in [2.45, 2.75) is 31.6 Å². The van der Waals surface area contributed by atoms with Crippen LogP contribution in [0.4, 0.5) is 17.1 Å². The van der Waals surface area contributed by atoms with Crippen molar-refractivity contribution >= 4 is 27.8 Å². The fourth-order valence-corrected chi connectivity index (χ4v) is 9.26. The molecule has 0 radical (unpaired) electrons. The molecule has 0 aromatic heterocycles. The van der Waals surface area contributed by atoms with E-state index in [4.69, 9.17) is 0 Å². The number of hydrogen-bond donors (Lipinski definition) is 0. The first-order valence-corrected chi connectivity index (χ1v) is 16.4. The minimum Gasteiger partial charge on any atom is -0.310 e. The maximum atomic E-state index is 2.54. The van der Waals surface area contributed by atoms with Gasteiger partial charge >= 0.3 is 0 Å². The van der Waals surface area contributed by atoms with E-state index < -0.39 is 0 Å². The van der Waals surface area contributed by atoms with Crippen molar-refractivity contribution in [3.05, 3.63) is 173 Å². The second-order valence-electron chi connectivity index (χ2n) is 13.8. The lowest BCUT2D eigenvalue weighted by Crippen LogP contribution is -2.35. The predicted molar refractivity (Wildman–Crippen MR) is 193 cm³/mol. The zero-order valence-electron chi connectivity index (χ0n) is 26.3. The normalized spacial score (nSPS) is 17.7. The highest BCUT2D eigenvalue weighted by molar-refractivity contribution is 6.01. The molecule has 218 valence electrons. The molecule has 1 atom stereocenters. The van der Waals surface area contributed by atoms with E-state index in [-0.39, 0.29) is 10.8 Å². The van der Waals surface area contributed by atoms with E-state index in [1.165, 1.54) is 89.0 Å². The van der Waals surface area contributed by atoms with Crippen molar-refractivity contribution in [3.63, 3.8) is 0 Å². The van der Waals surface area contributed by atoms with Crippen molar-refractivity contribution in [1.29, 1.82) is 0 Å². The molecule has 2 aliphatic carbocycles. The lowest BCUT2D eigenvalue weighted by atomic mass is 9.65. The first kappa shape index (κ1) is 25.9. The van der Waals surface area contributed by atoms with Crippen LogP contribution in [0.2, 0.25) is 0 Å². The Kier molecular flexibility index (Phi) is 4.99. The Bertz CT molecular complexity index is 2410. The first-order valence-electron chi connectivity index (χ1n) is 16.4. The molecule has 0 bridgehead atoms. The molecule has 0 amide bonds. The van der Waals surface area contributed by atoms with Gasteiger partial charge in [-0.05, 0) is 103 Å². The van der Waals surface area contributed by atoms with Gasteiger partial charge in [-0.2, -0.15) is 0 Å². The highest BCUT2D eigenvalue weighted by atomic mass is 15.2. The Morgan fingerprint density at radius 3 is 1.83 bits per heavy atom. The van der Waals surface area contributed by atoms with Gasteiger partial charge in [0.25, 0.3) is 0 Å². The molecule has 1 aliphatic heterocycles. The van der Waals surface area contributed by atoms with E-state index in [0.717, 1.165) is 0 Å². The van der Waals surface area contributed by atoms with Gasteiger partial charge in [0, 0.05) is 16.5 Å². The van der Waals surface area contributed by atoms with Crippen LogP contribution in [0.15, 0.2) is 146 Å². The van der Waals surface area contributed by atoms with Gasteiger partial charge < -0.3 is 4.90 Å². The monoisotopic (exact) mass is 587 g/mol. The number of fused-ring (bicyclic) bond motifs is 10. The highest BCUT2D eigenvalue weighted by Gasteiger charge is 2.52. The summed E-state index contributed by atoms with van der Waals surface area (Å²) >= 11 is 0. The minimum atomic E-state index is -0.276. The van der Waals surface area contributed by atoms with E-state index in [9.17, 15) is 0 Å². The summed E-state index contributed by atoms with van der Waals surface area (Å²) in [5.74, 6) is 0. The minimum absolute atomic E-state index is 0.131. The molecular weight excluding hydrogens is 555 g/mol. The molecule has 0 saturated carbocycles. The Labute approximate surface area is 270 Å². The topological polar surface area (TPSA) is 3.24 Å². The Balaban J connectivity index is 1.25. The summed E-state index contributed by atoms with van der Waals surface area (Å²) < 4.78 is 0. The smallest absolute Gasteiger partial charge is 0.0512 e. The molecule has 1 heterocycles. The maximum Gasteiger partial charge on any atom is 0.0512 e. The zero-order valence-corrected chi connectivity index (χ0v) is 26.3. The summed E-state index contributed by atoms with van der Waals surface area (Å²) in [5, 5.41) is 2.55. The third kappa shape index (κ3) is 3.10. The average molecular weight is 588 g/mol. The van der Waals surface area contributed by atoms with Gasteiger partial charge in [-0.15, -0.1) is 0 Å². The average Bonchev–Trinajstić information content (AvgIpc) is 3.51. The number of rotatable bonds is 2. The summed E-state index contributed by atoms with van der Waals surface area (Å²) in [6.07, 6.45) is 0. The summed E-state index contributed by atoms with van der Waals surface area (Å²) in [6, 6.07) is 54.3. The summed E-state index contributed by atoms with van der Waals surface area (Å²) in [4.78, 5) is 2.54. The van der Waals surface area contributed by atoms with Crippen LogP contribution < -0.4 is 4.90 Å². The van der Waals surface area contributed by atoms with Gasteiger partial charge in [0.15, 0.2) is 0 Å². The van der Waals surface area contributed by atoms with Gasteiger partial charge in [-0.1, -0.05) is 135 Å². The molecule has 1 nitrogen and oxygen atoms in total. The molecule has 0 saturated heterocycles. The van der Waals surface area contributed by atoms with Crippen LogP contribution in [-0.4, -0.2) is 0 Å². The molecule has 0 fully saturated rings. The molecule has 1 heteroatoms. The van der Waals surface area contributed by atoms with Crippen molar-refractivity contribution in [1.82, 2.24) is 0 Å². The third-order valence-electron chi connectivity index (χ3n) is 11.2. The lowest BCUT2D eigenvalue weighted by Gasteiger charge is -2.45. The van der Waals surface area contributed by atoms with Crippen molar-refractivity contribution in [2.75, 3.05) is 4.90 Å². The molecule has 7 aromatic rings. The second-order valence-corrected chi connectivity index (χ2v) is 13.8. The Hall–Kier alpha value is -5.40. The highest BCUT2D eigenvalue weighted by Crippen LogP contribution is 2.66.